The first-order valence-corrected chi connectivity index (χ1v) is 5.85. The van der Waals surface area contributed by atoms with Crippen LogP contribution in [-0.2, 0) is 16.0 Å². The molecule has 1 rings (SSSR count). The SMILES string of the molecule is COc1ccccc1CCNC(=O)C(CN)OC. The van der Waals surface area contributed by atoms with Crippen LogP contribution in [0.1, 0.15) is 5.56 Å². The lowest BCUT2D eigenvalue weighted by Gasteiger charge is -2.13. The molecule has 18 heavy (non-hydrogen) atoms. The van der Waals surface area contributed by atoms with Crippen molar-refractivity contribution in [3.05, 3.63) is 29.8 Å². The minimum Gasteiger partial charge on any atom is -0.496 e. The number of carbonyl (C=O) groups is 1. The molecule has 0 aromatic heterocycles. The highest BCUT2D eigenvalue weighted by Gasteiger charge is 2.14. The fourth-order valence-corrected chi connectivity index (χ4v) is 1.65. The van der Waals surface area contributed by atoms with Crippen molar-refractivity contribution in [2.75, 3.05) is 27.3 Å². The second-order valence-electron chi connectivity index (χ2n) is 3.81. The van der Waals surface area contributed by atoms with Gasteiger partial charge in [-0.2, -0.15) is 0 Å². The van der Waals surface area contributed by atoms with Crippen LogP contribution in [0.4, 0.5) is 0 Å². The summed E-state index contributed by atoms with van der Waals surface area (Å²) in [5, 5.41) is 2.78. The van der Waals surface area contributed by atoms with E-state index in [-0.39, 0.29) is 12.5 Å². The van der Waals surface area contributed by atoms with Crippen LogP contribution >= 0.6 is 0 Å². The summed E-state index contributed by atoms with van der Waals surface area (Å²) in [4.78, 5) is 11.6. The number of carbonyl (C=O) groups excluding carboxylic acids is 1. The number of nitrogens with two attached hydrogens (primary N) is 1. The van der Waals surface area contributed by atoms with Crippen LogP contribution in [0.2, 0.25) is 0 Å². The molecule has 5 nitrogen and oxygen atoms in total. The molecule has 3 N–H and O–H groups in total. The first-order chi connectivity index (χ1) is 8.72. The lowest BCUT2D eigenvalue weighted by molar-refractivity contribution is -0.130. The molecule has 1 atom stereocenters. The molecular formula is C13H20N2O3. The van der Waals surface area contributed by atoms with Crippen LogP contribution in [0, 0.1) is 0 Å². The molecule has 0 aliphatic rings. The van der Waals surface area contributed by atoms with Gasteiger partial charge in [0, 0.05) is 20.2 Å². The largest absolute Gasteiger partial charge is 0.496 e. The topological polar surface area (TPSA) is 73.6 Å². The van der Waals surface area contributed by atoms with Crippen LogP contribution in [0.25, 0.3) is 0 Å². The number of methoxy groups -OCH3 is 2. The highest BCUT2D eigenvalue weighted by Crippen LogP contribution is 2.17. The third-order valence-electron chi connectivity index (χ3n) is 2.68. The summed E-state index contributed by atoms with van der Waals surface area (Å²) in [7, 11) is 3.10. The Bertz CT molecular complexity index is 378. The van der Waals surface area contributed by atoms with E-state index < -0.39 is 6.10 Å². The average Bonchev–Trinajstić information content (AvgIpc) is 2.40. The van der Waals surface area contributed by atoms with E-state index in [4.69, 9.17) is 15.2 Å². The summed E-state index contributed by atoms with van der Waals surface area (Å²) in [6.45, 7) is 0.704. The van der Waals surface area contributed by atoms with Gasteiger partial charge in [0.1, 0.15) is 11.9 Å². The molecule has 5 heteroatoms. The van der Waals surface area contributed by atoms with E-state index in [1.807, 2.05) is 24.3 Å². The third-order valence-corrected chi connectivity index (χ3v) is 2.68. The maximum atomic E-state index is 11.6. The first-order valence-electron chi connectivity index (χ1n) is 5.85. The molecular weight excluding hydrogens is 232 g/mol. The number of hydrogen-bond donors (Lipinski definition) is 2. The summed E-state index contributed by atoms with van der Waals surface area (Å²) in [6, 6.07) is 7.73. The quantitative estimate of drug-likeness (QED) is 0.733. The van der Waals surface area contributed by atoms with Crippen LogP contribution in [0.5, 0.6) is 5.75 Å². The molecule has 0 saturated heterocycles. The van der Waals surface area contributed by atoms with Crippen molar-refractivity contribution in [3.8, 4) is 5.75 Å². The Morgan fingerprint density at radius 1 is 1.39 bits per heavy atom. The van der Waals surface area contributed by atoms with Gasteiger partial charge in [-0.1, -0.05) is 18.2 Å². The van der Waals surface area contributed by atoms with E-state index in [2.05, 4.69) is 5.32 Å². The van der Waals surface area contributed by atoms with E-state index in [9.17, 15) is 4.79 Å². The van der Waals surface area contributed by atoms with Crippen molar-refractivity contribution in [2.45, 2.75) is 12.5 Å². The first kappa shape index (κ1) is 14.5. The fourth-order valence-electron chi connectivity index (χ4n) is 1.65. The van der Waals surface area contributed by atoms with Crippen molar-refractivity contribution in [3.63, 3.8) is 0 Å². The van der Waals surface area contributed by atoms with Crippen molar-refractivity contribution >= 4 is 5.91 Å². The van der Waals surface area contributed by atoms with Gasteiger partial charge in [-0.3, -0.25) is 4.79 Å². The van der Waals surface area contributed by atoms with Gasteiger partial charge in [-0.25, -0.2) is 0 Å². The van der Waals surface area contributed by atoms with Gasteiger partial charge in [0.05, 0.1) is 7.11 Å². The predicted molar refractivity (Wildman–Crippen MR) is 69.6 cm³/mol. The second kappa shape index (κ2) is 7.68. The molecule has 1 amide bonds. The van der Waals surface area contributed by atoms with Crippen molar-refractivity contribution < 1.29 is 14.3 Å². The minimum absolute atomic E-state index is 0.178. The Morgan fingerprint density at radius 3 is 2.72 bits per heavy atom. The van der Waals surface area contributed by atoms with Gasteiger partial charge < -0.3 is 20.5 Å². The average molecular weight is 252 g/mol. The number of benzene rings is 1. The Kier molecular flexibility index (Phi) is 6.18. The molecule has 100 valence electrons. The van der Waals surface area contributed by atoms with Gasteiger partial charge >= 0.3 is 0 Å². The Labute approximate surface area is 107 Å². The smallest absolute Gasteiger partial charge is 0.250 e. The van der Waals surface area contributed by atoms with Crippen molar-refractivity contribution in [2.24, 2.45) is 5.73 Å². The summed E-state index contributed by atoms with van der Waals surface area (Å²) in [5.74, 6) is 0.642. The zero-order valence-electron chi connectivity index (χ0n) is 10.8. The lowest BCUT2D eigenvalue weighted by Crippen LogP contribution is -2.41. The number of hydrogen-bond acceptors (Lipinski definition) is 4. The second-order valence-corrected chi connectivity index (χ2v) is 3.81. The van der Waals surface area contributed by atoms with Gasteiger partial charge in [-0.05, 0) is 18.1 Å². The molecule has 0 radical (unpaired) electrons. The summed E-state index contributed by atoms with van der Waals surface area (Å²) in [5.41, 5.74) is 6.46. The molecule has 0 heterocycles. The molecule has 0 bridgehead atoms. The zero-order valence-corrected chi connectivity index (χ0v) is 10.8. The molecule has 0 fully saturated rings. The van der Waals surface area contributed by atoms with Crippen molar-refractivity contribution in [1.82, 2.24) is 5.32 Å². The fraction of sp³-hybridized carbons (Fsp3) is 0.462. The van der Waals surface area contributed by atoms with E-state index in [0.717, 1.165) is 11.3 Å². The van der Waals surface area contributed by atoms with Crippen LogP contribution in [-0.4, -0.2) is 39.3 Å². The van der Waals surface area contributed by atoms with Gasteiger partial charge in [-0.15, -0.1) is 0 Å². The van der Waals surface area contributed by atoms with E-state index in [1.54, 1.807) is 7.11 Å². The number of para-hydroxylation sites is 1. The molecule has 1 unspecified atom stereocenters. The Hall–Kier alpha value is -1.59. The van der Waals surface area contributed by atoms with Crippen LogP contribution in [0.3, 0.4) is 0 Å². The monoisotopic (exact) mass is 252 g/mol. The van der Waals surface area contributed by atoms with E-state index in [1.165, 1.54) is 7.11 Å². The van der Waals surface area contributed by atoms with E-state index in [0.29, 0.717) is 13.0 Å². The molecule has 0 saturated carbocycles. The maximum Gasteiger partial charge on any atom is 0.250 e. The van der Waals surface area contributed by atoms with Crippen LogP contribution in [0.15, 0.2) is 24.3 Å². The lowest BCUT2D eigenvalue weighted by atomic mass is 10.1. The standard InChI is InChI=1S/C13H20N2O3/c1-17-11-6-4-3-5-10(11)7-8-15-13(16)12(9-14)18-2/h3-6,12H,7-9,14H2,1-2H3,(H,15,16). The van der Waals surface area contributed by atoms with Gasteiger partial charge in [0.15, 0.2) is 0 Å². The minimum atomic E-state index is -0.581. The number of rotatable bonds is 7. The molecule has 0 spiro atoms. The summed E-state index contributed by atoms with van der Waals surface area (Å²) in [6.07, 6.45) is 0.124. The normalized spacial score (nSPS) is 11.9. The molecule has 1 aromatic carbocycles. The molecule has 1 aromatic rings. The number of nitrogens with one attached hydrogen (secondary N) is 1. The highest BCUT2D eigenvalue weighted by molar-refractivity contribution is 5.80. The maximum absolute atomic E-state index is 11.6. The van der Waals surface area contributed by atoms with Crippen LogP contribution < -0.4 is 15.8 Å². The number of amides is 1. The highest BCUT2D eigenvalue weighted by atomic mass is 16.5. The molecule has 0 aliphatic carbocycles. The van der Waals surface area contributed by atoms with E-state index >= 15 is 0 Å². The Balaban J connectivity index is 2.44. The van der Waals surface area contributed by atoms with Gasteiger partial charge in [0.25, 0.3) is 0 Å². The summed E-state index contributed by atoms with van der Waals surface area (Å²) >= 11 is 0. The molecule has 0 aliphatic heterocycles. The van der Waals surface area contributed by atoms with Gasteiger partial charge in [0.2, 0.25) is 5.91 Å². The Morgan fingerprint density at radius 2 is 2.11 bits per heavy atom. The zero-order chi connectivity index (χ0) is 13.4. The number of ether oxygens (including phenoxy) is 2. The van der Waals surface area contributed by atoms with Crippen molar-refractivity contribution in [1.29, 1.82) is 0 Å². The summed E-state index contributed by atoms with van der Waals surface area (Å²) < 4.78 is 10.2. The predicted octanol–water partition coefficient (Wildman–Crippen LogP) is 0.328. The third kappa shape index (κ3) is 4.01.